The number of carbonyl (C=O) groups is 2. The summed E-state index contributed by atoms with van der Waals surface area (Å²) >= 11 is 0. The van der Waals surface area contributed by atoms with Crippen molar-refractivity contribution in [3.05, 3.63) is 0 Å². The van der Waals surface area contributed by atoms with Gasteiger partial charge in [-0.1, -0.05) is 0 Å². The second kappa shape index (κ2) is 4.76. The number of carbonyl (C=O) groups excluding carboxylic acids is 1. The van der Waals surface area contributed by atoms with E-state index in [1.54, 1.807) is 4.90 Å². The molecule has 5 atom stereocenters. The zero-order valence-electron chi connectivity index (χ0n) is 10.7. The number of aliphatic hydroxyl groups excluding tert-OH is 1. The van der Waals surface area contributed by atoms with Gasteiger partial charge in [-0.25, -0.2) is 4.79 Å². The SMILES string of the molecule is O=C(O)C1CCC(C(=O)N2CC3CCC(O)C3C2)O1. The molecule has 2 aliphatic heterocycles. The van der Waals surface area contributed by atoms with Gasteiger partial charge in [-0.3, -0.25) is 4.79 Å². The molecule has 0 aromatic rings. The van der Waals surface area contributed by atoms with Crippen LogP contribution in [0.5, 0.6) is 0 Å². The van der Waals surface area contributed by atoms with Crippen molar-refractivity contribution in [1.82, 2.24) is 4.90 Å². The number of amides is 1. The minimum absolute atomic E-state index is 0.106. The Morgan fingerprint density at radius 1 is 1.05 bits per heavy atom. The van der Waals surface area contributed by atoms with Crippen molar-refractivity contribution < 1.29 is 24.5 Å². The number of aliphatic carboxylic acids is 1. The normalized spacial score (nSPS) is 41.5. The highest BCUT2D eigenvalue weighted by molar-refractivity contribution is 5.83. The number of hydrogen-bond acceptors (Lipinski definition) is 4. The number of likely N-dealkylation sites (tertiary alicyclic amines) is 1. The highest BCUT2D eigenvalue weighted by atomic mass is 16.5. The van der Waals surface area contributed by atoms with Crippen LogP contribution in [0.15, 0.2) is 0 Å². The molecule has 0 spiro atoms. The quantitative estimate of drug-likeness (QED) is 0.728. The molecule has 3 fully saturated rings. The minimum Gasteiger partial charge on any atom is -0.479 e. The summed E-state index contributed by atoms with van der Waals surface area (Å²) in [5.41, 5.74) is 0. The van der Waals surface area contributed by atoms with Gasteiger partial charge in [0.25, 0.3) is 5.91 Å². The maximum absolute atomic E-state index is 12.3. The average molecular weight is 269 g/mol. The number of aliphatic hydroxyl groups is 1. The monoisotopic (exact) mass is 269 g/mol. The maximum atomic E-state index is 12.3. The van der Waals surface area contributed by atoms with E-state index in [4.69, 9.17) is 9.84 Å². The second-order valence-corrected chi connectivity index (χ2v) is 5.84. The summed E-state index contributed by atoms with van der Waals surface area (Å²) in [6.07, 6.45) is 0.925. The van der Waals surface area contributed by atoms with Crippen LogP contribution in [0.25, 0.3) is 0 Å². The minimum atomic E-state index is -0.996. The van der Waals surface area contributed by atoms with Crippen LogP contribution in [0.1, 0.15) is 25.7 Å². The maximum Gasteiger partial charge on any atom is 0.332 e. The van der Waals surface area contributed by atoms with Gasteiger partial charge in [-0.2, -0.15) is 0 Å². The van der Waals surface area contributed by atoms with Crippen LogP contribution in [0.4, 0.5) is 0 Å². The van der Waals surface area contributed by atoms with Gasteiger partial charge >= 0.3 is 5.97 Å². The number of carboxylic acid groups (broad SMARTS) is 1. The summed E-state index contributed by atoms with van der Waals surface area (Å²) in [7, 11) is 0. The van der Waals surface area contributed by atoms with Crippen molar-refractivity contribution in [2.45, 2.75) is 44.0 Å². The van der Waals surface area contributed by atoms with Crippen molar-refractivity contribution in [2.24, 2.45) is 11.8 Å². The van der Waals surface area contributed by atoms with Crippen LogP contribution in [0.3, 0.4) is 0 Å². The summed E-state index contributed by atoms with van der Waals surface area (Å²) in [5, 5.41) is 18.7. The molecule has 3 rings (SSSR count). The summed E-state index contributed by atoms with van der Waals surface area (Å²) in [6.45, 7) is 1.26. The fourth-order valence-corrected chi connectivity index (χ4v) is 3.62. The number of fused-ring (bicyclic) bond motifs is 1. The van der Waals surface area contributed by atoms with Crippen LogP contribution in [0.2, 0.25) is 0 Å². The Hall–Kier alpha value is -1.14. The van der Waals surface area contributed by atoms with Crippen molar-refractivity contribution in [1.29, 1.82) is 0 Å². The highest BCUT2D eigenvalue weighted by Gasteiger charge is 2.46. The molecule has 0 aromatic carbocycles. The van der Waals surface area contributed by atoms with E-state index in [0.717, 1.165) is 12.8 Å². The first-order valence-corrected chi connectivity index (χ1v) is 6.91. The molecule has 1 saturated carbocycles. The van der Waals surface area contributed by atoms with Crippen LogP contribution >= 0.6 is 0 Å². The molecule has 1 aliphatic carbocycles. The van der Waals surface area contributed by atoms with E-state index >= 15 is 0 Å². The Balaban J connectivity index is 1.59. The van der Waals surface area contributed by atoms with Crippen LogP contribution in [-0.4, -0.2) is 58.4 Å². The van der Waals surface area contributed by atoms with Gasteiger partial charge in [-0.05, 0) is 31.6 Å². The third kappa shape index (κ3) is 2.23. The lowest BCUT2D eigenvalue weighted by Gasteiger charge is -2.21. The zero-order valence-corrected chi connectivity index (χ0v) is 10.7. The molecular weight excluding hydrogens is 250 g/mol. The summed E-state index contributed by atoms with van der Waals surface area (Å²) in [6, 6.07) is 0. The molecule has 0 radical (unpaired) electrons. The molecule has 6 nitrogen and oxygen atoms in total. The summed E-state index contributed by atoms with van der Waals surface area (Å²) in [4.78, 5) is 24.8. The van der Waals surface area contributed by atoms with Crippen LogP contribution in [-0.2, 0) is 14.3 Å². The number of nitrogens with zero attached hydrogens (tertiary/aromatic N) is 1. The first-order valence-electron chi connectivity index (χ1n) is 6.91. The van der Waals surface area contributed by atoms with E-state index in [9.17, 15) is 14.7 Å². The van der Waals surface area contributed by atoms with Crippen molar-refractivity contribution in [3.8, 4) is 0 Å². The Bertz CT molecular complexity index is 398. The molecule has 6 heteroatoms. The lowest BCUT2D eigenvalue weighted by molar-refractivity contribution is -0.154. The zero-order chi connectivity index (χ0) is 13.6. The Morgan fingerprint density at radius 3 is 2.42 bits per heavy atom. The van der Waals surface area contributed by atoms with Gasteiger partial charge in [0.1, 0.15) is 6.10 Å². The van der Waals surface area contributed by atoms with Crippen molar-refractivity contribution in [2.75, 3.05) is 13.1 Å². The molecule has 2 N–H and O–H groups in total. The van der Waals surface area contributed by atoms with Gasteiger partial charge in [0.2, 0.25) is 0 Å². The molecule has 2 saturated heterocycles. The third-order valence-electron chi connectivity index (χ3n) is 4.70. The summed E-state index contributed by atoms with van der Waals surface area (Å²) in [5.74, 6) is -0.509. The van der Waals surface area contributed by atoms with Crippen molar-refractivity contribution in [3.63, 3.8) is 0 Å². The molecular formula is C13H19NO5. The first-order chi connectivity index (χ1) is 9.06. The van der Waals surface area contributed by atoms with E-state index in [1.807, 2.05) is 0 Å². The molecule has 0 bridgehead atoms. The van der Waals surface area contributed by atoms with Gasteiger partial charge in [0.05, 0.1) is 6.10 Å². The lowest BCUT2D eigenvalue weighted by Crippen LogP contribution is -2.39. The van der Waals surface area contributed by atoms with E-state index in [-0.39, 0.29) is 17.9 Å². The van der Waals surface area contributed by atoms with E-state index < -0.39 is 18.2 Å². The fourth-order valence-electron chi connectivity index (χ4n) is 3.62. The largest absolute Gasteiger partial charge is 0.479 e. The van der Waals surface area contributed by atoms with Gasteiger partial charge < -0.3 is 19.8 Å². The standard InChI is InChI=1S/C13H19NO5/c15-9-2-1-7-5-14(6-8(7)9)12(16)10-3-4-11(19-10)13(17)18/h7-11,15H,1-6H2,(H,17,18). The van der Waals surface area contributed by atoms with Crippen LogP contribution in [0, 0.1) is 11.8 Å². The Kier molecular flexibility index (Phi) is 3.22. The second-order valence-electron chi connectivity index (χ2n) is 5.84. The highest BCUT2D eigenvalue weighted by Crippen LogP contribution is 2.38. The third-order valence-corrected chi connectivity index (χ3v) is 4.70. The molecule has 3 aliphatic rings. The van der Waals surface area contributed by atoms with E-state index in [2.05, 4.69) is 0 Å². The van der Waals surface area contributed by atoms with Crippen LogP contribution < -0.4 is 0 Å². The average Bonchev–Trinajstić information content (AvgIpc) is 3.05. The number of rotatable bonds is 2. The first kappa shape index (κ1) is 12.9. The molecule has 2 heterocycles. The fraction of sp³-hybridized carbons (Fsp3) is 0.846. The predicted molar refractivity (Wildman–Crippen MR) is 64.3 cm³/mol. The van der Waals surface area contributed by atoms with E-state index in [0.29, 0.717) is 31.8 Å². The topological polar surface area (TPSA) is 87.1 Å². The van der Waals surface area contributed by atoms with Gasteiger partial charge in [0.15, 0.2) is 6.10 Å². The molecule has 19 heavy (non-hydrogen) atoms. The lowest BCUT2D eigenvalue weighted by atomic mass is 10.00. The summed E-state index contributed by atoms with van der Waals surface area (Å²) < 4.78 is 5.29. The molecule has 106 valence electrons. The number of ether oxygens (including phenoxy) is 1. The molecule has 0 aromatic heterocycles. The van der Waals surface area contributed by atoms with Gasteiger partial charge in [-0.15, -0.1) is 0 Å². The Labute approximate surface area is 111 Å². The molecule has 1 amide bonds. The Morgan fingerprint density at radius 2 is 1.79 bits per heavy atom. The smallest absolute Gasteiger partial charge is 0.332 e. The van der Waals surface area contributed by atoms with Crippen molar-refractivity contribution >= 4 is 11.9 Å². The van der Waals surface area contributed by atoms with Gasteiger partial charge in [0, 0.05) is 19.0 Å². The number of hydrogen-bond donors (Lipinski definition) is 2. The van der Waals surface area contributed by atoms with E-state index in [1.165, 1.54) is 0 Å². The predicted octanol–water partition coefficient (Wildman–Crippen LogP) is -0.152. The molecule has 5 unspecified atom stereocenters. The number of carboxylic acids is 1.